The highest BCUT2D eigenvalue weighted by Gasteiger charge is 2.42. The van der Waals surface area contributed by atoms with E-state index in [9.17, 15) is 24.3 Å². The second kappa shape index (κ2) is 12.2. The minimum absolute atomic E-state index is 0.0432. The Kier molecular flexibility index (Phi) is 9.26. The highest BCUT2D eigenvalue weighted by molar-refractivity contribution is 5.93. The molecule has 1 aliphatic rings. The van der Waals surface area contributed by atoms with Gasteiger partial charge in [0, 0.05) is 38.0 Å². The molecule has 0 saturated carbocycles. The molecule has 11 heteroatoms. The molecular formula is C27H38N6O5. The van der Waals surface area contributed by atoms with Crippen LogP contribution < -0.4 is 16.4 Å². The number of aliphatic carboxylic acids is 1. The Balaban J connectivity index is 1.86. The van der Waals surface area contributed by atoms with Crippen molar-refractivity contribution in [2.45, 2.75) is 77.5 Å². The number of imidazole rings is 1. The Bertz CT molecular complexity index is 1140. The third-order valence-corrected chi connectivity index (χ3v) is 6.89. The Morgan fingerprint density at radius 1 is 1.21 bits per heavy atom. The van der Waals surface area contributed by atoms with Gasteiger partial charge in [-0.15, -0.1) is 0 Å². The number of carboxylic acids is 1. The summed E-state index contributed by atoms with van der Waals surface area (Å²) in [6, 6.07) is 4.76. The number of hydrogen-bond donors (Lipinski definition) is 5. The van der Waals surface area contributed by atoms with Crippen LogP contribution in [0.25, 0.3) is 0 Å². The highest BCUT2D eigenvalue weighted by atomic mass is 16.4. The first kappa shape index (κ1) is 28.8. The average molecular weight is 527 g/mol. The lowest BCUT2D eigenvalue weighted by atomic mass is 9.84. The predicted molar refractivity (Wildman–Crippen MR) is 141 cm³/mol. The summed E-state index contributed by atoms with van der Waals surface area (Å²) in [5.41, 5.74) is 7.43. The summed E-state index contributed by atoms with van der Waals surface area (Å²) in [5, 5.41) is 15.5. The van der Waals surface area contributed by atoms with Gasteiger partial charge in [0.1, 0.15) is 12.1 Å². The molecule has 0 aliphatic carbocycles. The van der Waals surface area contributed by atoms with E-state index in [1.807, 2.05) is 58.2 Å². The van der Waals surface area contributed by atoms with Crippen LogP contribution in [-0.2, 0) is 32.1 Å². The second-order valence-electron chi connectivity index (χ2n) is 11.0. The van der Waals surface area contributed by atoms with Crippen LogP contribution in [0.15, 0.2) is 36.8 Å². The van der Waals surface area contributed by atoms with E-state index in [2.05, 4.69) is 20.6 Å². The number of nitrogens with one attached hydrogen (secondary N) is 3. The van der Waals surface area contributed by atoms with Crippen molar-refractivity contribution < 1.29 is 24.3 Å². The third-order valence-electron chi connectivity index (χ3n) is 6.89. The molecule has 1 aromatic heterocycles. The number of aromatic nitrogens is 2. The smallest absolute Gasteiger partial charge is 0.326 e. The van der Waals surface area contributed by atoms with Gasteiger partial charge >= 0.3 is 5.97 Å². The lowest BCUT2D eigenvalue weighted by molar-refractivity contribution is -0.147. The lowest BCUT2D eigenvalue weighted by Gasteiger charge is -2.41. The number of nitrogens with zero attached hydrogens (tertiary/aromatic N) is 2. The maximum absolute atomic E-state index is 14.1. The molecule has 6 N–H and O–H groups in total. The molecule has 3 amide bonds. The van der Waals surface area contributed by atoms with Gasteiger partial charge in [-0.1, -0.05) is 52.0 Å². The summed E-state index contributed by atoms with van der Waals surface area (Å²) in [6.45, 7) is 8.60. The summed E-state index contributed by atoms with van der Waals surface area (Å²) in [7, 11) is 0. The quantitative estimate of drug-likeness (QED) is 0.294. The van der Waals surface area contributed by atoms with E-state index in [1.54, 1.807) is 6.33 Å². The van der Waals surface area contributed by atoms with E-state index in [1.165, 1.54) is 4.90 Å². The van der Waals surface area contributed by atoms with E-state index >= 15 is 0 Å². The summed E-state index contributed by atoms with van der Waals surface area (Å²) in [4.78, 5) is 59.3. The molecule has 38 heavy (non-hydrogen) atoms. The van der Waals surface area contributed by atoms with E-state index in [4.69, 9.17) is 5.73 Å². The molecule has 2 heterocycles. The average Bonchev–Trinajstić information content (AvgIpc) is 3.39. The number of aromatic amines is 1. The van der Waals surface area contributed by atoms with E-state index in [-0.39, 0.29) is 37.6 Å². The fourth-order valence-electron chi connectivity index (χ4n) is 4.67. The molecule has 11 nitrogen and oxygen atoms in total. The number of carboxylic acid groups (broad SMARTS) is 1. The van der Waals surface area contributed by atoms with Crippen LogP contribution in [0.5, 0.6) is 0 Å². The van der Waals surface area contributed by atoms with Gasteiger partial charge in [-0.3, -0.25) is 14.4 Å². The summed E-state index contributed by atoms with van der Waals surface area (Å²) < 4.78 is 0. The molecule has 0 bridgehead atoms. The number of hydrogen-bond acceptors (Lipinski definition) is 6. The van der Waals surface area contributed by atoms with Crippen LogP contribution in [-0.4, -0.2) is 68.3 Å². The number of primary amides is 1. The van der Waals surface area contributed by atoms with Crippen molar-refractivity contribution in [2.24, 2.45) is 11.1 Å². The Hall–Kier alpha value is -3.73. The summed E-state index contributed by atoms with van der Waals surface area (Å²) >= 11 is 0. The predicted octanol–water partition coefficient (Wildman–Crippen LogP) is 1.31. The third kappa shape index (κ3) is 7.18. The molecule has 0 saturated heterocycles. The van der Waals surface area contributed by atoms with Crippen molar-refractivity contribution in [1.29, 1.82) is 0 Å². The SMILES string of the molecule is CC(CN[C@H](C(=O)N1Cc2ccccc2CC1C(=O)N[C@@H](CCC(N)=O)C(=O)O)C(C)(C)C)c1c[nH]cn1. The number of rotatable bonds is 11. The zero-order chi connectivity index (χ0) is 28.0. The topological polar surface area (TPSA) is 171 Å². The Labute approximate surface area is 222 Å². The molecule has 2 aromatic rings. The second-order valence-corrected chi connectivity index (χ2v) is 11.0. The van der Waals surface area contributed by atoms with Gasteiger partial charge in [-0.2, -0.15) is 0 Å². The maximum atomic E-state index is 14.1. The van der Waals surface area contributed by atoms with Gasteiger partial charge in [0.2, 0.25) is 17.7 Å². The number of nitrogens with two attached hydrogens (primary N) is 1. The van der Waals surface area contributed by atoms with Gasteiger partial charge < -0.3 is 31.4 Å². The van der Waals surface area contributed by atoms with Crippen molar-refractivity contribution in [2.75, 3.05) is 6.54 Å². The lowest BCUT2D eigenvalue weighted by Crippen LogP contribution is -2.61. The van der Waals surface area contributed by atoms with Crippen molar-refractivity contribution in [3.05, 3.63) is 53.6 Å². The van der Waals surface area contributed by atoms with Crippen LogP contribution >= 0.6 is 0 Å². The number of H-pyrrole nitrogens is 1. The molecule has 3 rings (SSSR count). The molecule has 4 atom stereocenters. The van der Waals surface area contributed by atoms with Gasteiger partial charge in [0.25, 0.3) is 0 Å². The summed E-state index contributed by atoms with van der Waals surface area (Å²) in [6.07, 6.45) is 3.36. The fraction of sp³-hybridized carbons (Fsp3) is 0.519. The van der Waals surface area contributed by atoms with E-state index < -0.39 is 41.3 Å². The van der Waals surface area contributed by atoms with Crippen molar-refractivity contribution in [3.8, 4) is 0 Å². The van der Waals surface area contributed by atoms with Crippen molar-refractivity contribution in [3.63, 3.8) is 0 Å². The zero-order valence-electron chi connectivity index (χ0n) is 22.4. The van der Waals surface area contributed by atoms with Crippen LogP contribution in [0.2, 0.25) is 0 Å². The first-order valence-corrected chi connectivity index (χ1v) is 12.8. The largest absolute Gasteiger partial charge is 0.480 e. The minimum atomic E-state index is -1.30. The van der Waals surface area contributed by atoms with E-state index in [0.29, 0.717) is 6.54 Å². The van der Waals surface area contributed by atoms with Crippen LogP contribution in [0, 0.1) is 5.41 Å². The Morgan fingerprint density at radius 3 is 2.47 bits per heavy atom. The number of carbonyl (C=O) groups excluding carboxylic acids is 3. The van der Waals surface area contributed by atoms with Crippen LogP contribution in [0.1, 0.15) is 63.3 Å². The number of carbonyl (C=O) groups is 4. The van der Waals surface area contributed by atoms with Crippen LogP contribution in [0.4, 0.5) is 0 Å². The number of fused-ring (bicyclic) bond motifs is 1. The first-order valence-electron chi connectivity index (χ1n) is 12.8. The highest BCUT2D eigenvalue weighted by Crippen LogP contribution is 2.29. The number of amides is 3. The molecule has 1 aromatic carbocycles. The Morgan fingerprint density at radius 2 is 1.89 bits per heavy atom. The van der Waals surface area contributed by atoms with Gasteiger partial charge in [-0.25, -0.2) is 9.78 Å². The molecule has 0 spiro atoms. The molecule has 0 fully saturated rings. The van der Waals surface area contributed by atoms with Crippen molar-refractivity contribution in [1.82, 2.24) is 25.5 Å². The molecule has 0 radical (unpaired) electrons. The first-order chi connectivity index (χ1) is 17.9. The number of benzene rings is 1. The fourth-order valence-corrected chi connectivity index (χ4v) is 4.67. The van der Waals surface area contributed by atoms with Gasteiger partial charge in [-0.05, 0) is 23.0 Å². The molecule has 206 valence electrons. The monoisotopic (exact) mass is 526 g/mol. The standard InChI is InChI=1S/C27H38N6O5/c1-16(20-13-29-15-31-20)12-30-23(27(2,3)4)25(36)33-14-18-8-6-5-7-17(18)11-21(33)24(35)32-19(26(37)38)9-10-22(28)34/h5-8,13,15-16,19,21,23,30H,9-12,14H2,1-4H3,(H2,28,34)(H,29,31)(H,32,35)(H,37,38)/t16?,19-,21?,23+/m0/s1. The molecule has 2 unspecified atom stereocenters. The molecular weight excluding hydrogens is 488 g/mol. The molecule has 1 aliphatic heterocycles. The van der Waals surface area contributed by atoms with Gasteiger partial charge in [0.05, 0.1) is 18.1 Å². The van der Waals surface area contributed by atoms with Gasteiger partial charge in [0.15, 0.2) is 0 Å². The van der Waals surface area contributed by atoms with Crippen LogP contribution in [0.3, 0.4) is 0 Å². The normalized spacial score (nSPS) is 17.7. The van der Waals surface area contributed by atoms with E-state index in [0.717, 1.165) is 16.8 Å². The zero-order valence-corrected chi connectivity index (χ0v) is 22.4. The summed E-state index contributed by atoms with van der Waals surface area (Å²) in [5.74, 6) is -2.71. The van der Waals surface area contributed by atoms with Crippen molar-refractivity contribution >= 4 is 23.7 Å². The minimum Gasteiger partial charge on any atom is -0.480 e. The maximum Gasteiger partial charge on any atom is 0.326 e.